The first-order chi connectivity index (χ1) is 20.3. The number of halogens is 1. The Balaban J connectivity index is 1.58. The highest BCUT2D eigenvalue weighted by atomic mass is 79.9. The number of amides is 3. The van der Waals surface area contributed by atoms with Gasteiger partial charge in [-0.15, -0.1) is 24.9 Å². The lowest BCUT2D eigenvalue weighted by atomic mass is 9.70. The van der Waals surface area contributed by atoms with Gasteiger partial charge in [-0.3, -0.25) is 14.4 Å². The molecule has 1 spiro atoms. The summed E-state index contributed by atoms with van der Waals surface area (Å²) in [5.41, 5.74) is 1.72. The maximum Gasteiger partial charge on any atom is 0.247 e. The molecule has 2 aromatic rings. The summed E-state index contributed by atoms with van der Waals surface area (Å²) in [4.78, 5) is 48.7. The third-order valence-corrected chi connectivity index (χ3v) is 12.1. The van der Waals surface area contributed by atoms with Gasteiger partial charge in [-0.1, -0.05) is 83.5 Å². The minimum Gasteiger partial charge on any atom is -0.394 e. The molecule has 0 aromatic heterocycles. The molecule has 222 valence electrons. The molecule has 2 bridgehead atoms. The molecule has 3 aliphatic rings. The van der Waals surface area contributed by atoms with Crippen molar-refractivity contribution in [2.24, 2.45) is 11.8 Å². The van der Waals surface area contributed by atoms with Crippen molar-refractivity contribution in [3.63, 3.8) is 0 Å². The summed E-state index contributed by atoms with van der Waals surface area (Å²) >= 11 is 5.47. The largest absolute Gasteiger partial charge is 0.394 e. The minimum atomic E-state index is -0.812. The van der Waals surface area contributed by atoms with Crippen molar-refractivity contribution < 1.29 is 19.5 Å². The third kappa shape index (κ3) is 5.13. The smallest absolute Gasteiger partial charge is 0.247 e. The van der Waals surface area contributed by atoms with E-state index in [-0.39, 0.29) is 34.4 Å². The van der Waals surface area contributed by atoms with Gasteiger partial charge in [0.05, 0.1) is 29.2 Å². The van der Waals surface area contributed by atoms with E-state index in [4.69, 9.17) is 0 Å². The molecule has 0 radical (unpaired) electrons. The van der Waals surface area contributed by atoms with Crippen molar-refractivity contribution in [3.05, 3.63) is 91.5 Å². The first-order valence-corrected chi connectivity index (χ1v) is 16.3. The van der Waals surface area contributed by atoms with Crippen LogP contribution in [0.2, 0.25) is 0 Å². The fraction of sp³-hybridized carbons (Fsp3) is 0.424. The van der Waals surface area contributed by atoms with Crippen LogP contribution in [0.25, 0.3) is 0 Å². The van der Waals surface area contributed by atoms with E-state index in [0.29, 0.717) is 32.5 Å². The highest BCUT2D eigenvalue weighted by Crippen LogP contribution is 2.68. The number of alkyl halides is 1. The van der Waals surface area contributed by atoms with Gasteiger partial charge >= 0.3 is 0 Å². The highest BCUT2D eigenvalue weighted by Gasteiger charge is 2.76. The number of thioether (sulfide) groups is 1. The Morgan fingerprint density at radius 1 is 1.10 bits per heavy atom. The first kappa shape index (κ1) is 30.6. The molecule has 3 heterocycles. The van der Waals surface area contributed by atoms with E-state index in [2.05, 4.69) is 29.1 Å². The van der Waals surface area contributed by atoms with Crippen LogP contribution in [0.15, 0.2) is 86.0 Å². The number of carbonyl (C=O) groups is 3. The Labute approximate surface area is 260 Å². The SMILES string of the molecule is C=CCN(Cc1ccccc1)C(=O)C1N([C@@H](CC)CO)C(=O)[C@@H]2[C@H](C(=O)N(CC=C)c3ccccc3)[C@H]3SC12CC3Br. The number of fused-ring (bicyclic) bond motifs is 1. The van der Waals surface area contributed by atoms with Gasteiger partial charge in [0.2, 0.25) is 17.7 Å². The molecule has 3 saturated heterocycles. The molecule has 2 aromatic carbocycles. The number of para-hydroxylation sites is 1. The van der Waals surface area contributed by atoms with E-state index in [1.165, 1.54) is 0 Å². The van der Waals surface area contributed by atoms with Gasteiger partial charge in [-0.2, -0.15) is 0 Å². The van der Waals surface area contributed by atoms with Crippen molar-refractivity contribution in [1.82, 2.24) is 9.80 Å². The molecule has 3 aliphatic heterocycles. The number of carbonyl (C=O) groups excluding carboxylic acids is 3. The van der Waals surface area contributed by atoms with Crippen molar-refractivity contribution in [3.8, 4) is 0 Å². The third-order valence-electron chi connectivity index (χ3n) is 8.84. The first-order valence-electron chi connectivity index (χ1n) is 14.5. The highest BCUT2D eigenvalue weighted by molar-refractivity contribution is 9.09. The van der Waals surface area contributed by atoms with Gasteiger partial charge in [0.15, 0.2) is 0 Å². The number of hydrogen-bond acceptors (Lipinski definition) is 5. The van der Waals surface area contributed by atoms with Crippen LogP contribution >= 0.6 is 27.7 Å². The maximum atomic E-state index is 14.7. The maximum absolute atomic E-state index is 14.7. The average molecular weight is 653 g/mol. The van der Waals surface area contributed by atoms with Crippen molar-refractivity contribution in [2.45, 2.75) is 53.2 Å². The topological polar surface area (TPSA) is 81.2 Å². The van der Waals surface area contributed by atoms with Gasteiger partial charge in [-0.25, -0.2) is 0 Å². The summed E-state index contributed by atoms with van der Waals surface area (Å²) in [6, 6.07) is 17.8. The van der Waals surface area contributed by atoms with Crippen molar-refractivity contribution in [1.29, 1.82) is 0 Å². The number of anilines is 1. The molecule has 5 rings (SSSR count). The van der Waals surface area contributed by atoms with Crippen LogP contribution < -0.4 is 4.90 Å². The van der Waals surface area contributed by atoms with Crippen LogP contribution in [0.1, 0.15) is 25.3 Å². The molecule has 1 N–H and O–H groups in total. The summed E-state index contributed by atoms with van der Waals surface area (Å²) in [5.74, 6) is -1.83. The minimum absolute atomic E-state index is 0.0479. The Kier molecular flexibility index (Phi) is 9.30. The molecule has 3 fully saturated rings. The van der Waals surface area contributed by atoms with E-state index in [1.807, 2.05) is 67.6 Å². The second-order valence-electron chi connectivity index (χ2n) is 11.2. The summed E-state index contributed by atoms with van der Waals surface area (Å²) in [6.07, 6.45) is 4.47. The number of aliphatic hydroxyl groups is 1. The van der Waals surface area contributed by atoms with Gasteiger partial charge in [0.1, 0.15) is 6.04 Å². The molecule has 0 aliphatic carbocycles. The summed E-state index contributed by atoms with van der Waals surface area (Å²) in [7, 11) is 0. The molecule has 9 heteroatoms. The predicted molar refractivity (Wildman–Crippen MR) is 171 cm³/mol. The van der Waals surface area contributed by atoms with Crippen LogP contribution in [0.5, 0.6) is 0 Å². The molecular weight excluding hydrogens is 614 g/mol. The van der Waals surface area contributed by atoms with Crippen LogP contribution in [0.4, 0.5) is 5.69 Å². The number of rotatable bonds is 12. The summed E-state index contributed by atoms with van der Waals surface area (Å²) < 4.78 is -0.803. The molecule has 7 nitrogen and oxygen atoms in total. The molecule has 3 unspecified atom stereocenters. The van der Waals surface area contributed by atoms with Gasteiger partial charge in [0.25, 0.3) is 0 Å². The number of aliphatic hydroxyl groups excluding tert-OH is 1. The monoisotopic (exact) mass is 651 g/mol. The van der Waals surface area contributed by atoms with E-state index in [1.54, 1.807) is 38.6 Å². The van der Waals surface area contributed by atoms with Crippen LogP contribution in [-0.2, 0) is 20.9 Å². The lowest BCUT2D eigenvalue weighted by molar-refractivity contribution is -0.146. The predicted octanol–water partition coefficient (Wildman–Crippen LogP) is 4.66. The zero-order chi connectivity index (χ0) is 30.0. The zero-order valence-electron chi connectivity index (χ0n) is 23.8. The standard InChI is InChI=1S/C33H38BrN3O4S/c1-4-17-35(20-22-13-9-7-10-14-22)32(41)29-33-19-25(34)28(42-33)26(27(33)31(40)37(29)23(6-3)21-38)30(39)36(18-5-2)24-15-11-8-12-16-24/h4-5,7-16,23,25-29,38H,1-2,6,17-21H2,3H3/t23-,25?,26-,27-,28-,29?,33?/m0/s1. The summed E-state index contributed by atoms with van der Waals surface area (Å²) in [5, 5.41) is 10.2. The number of likely N-dealkylation sites (tertiary alicyclic amines) is 1. The Morgan fingerprint density at radius 2 is 1.74 bits per heavy atom. The fourth-order valence-electron chi connectivity index (χ4n) is 7.04. The zero-order valence-corrected chi connectivity index (χ0v) is 26.3. The molecule has 42 heavy (non-hydrogen) atoms. The summed E-state index contributed by atoms with van der Waals surface area (Å²) in [6.45, 7) is 10.4. The van der Waals surface area contributed by atoms with Crippen LogP contribution in [0.3, 0.4) is 0 Å². The Bertz CT molecular complexity index is 1320. The molecule has 3 amide bonds. The quantitative estimate of drug-likeness (QED) is 0.267. The van der Waals surface area contributed by atoms with E-state index >= 15 is 0 Å². The number of benzene rings is 2. The van der Waals surface area contributed by atoms with E-state index in [9.17, 15) is 19.5 Å². The number of hydrogen-bond donors (Lipinski definition) is 1. The van der Waals surface area contributed by atoms with Crippen LogP contribution in [0, 0.1) is 11.8 Å². The van der Waals surface area contributed by atoms with Gasteiger partial charge in [-0.05, 0) is 30.5 Å². The fourth-order valence-corrected chi connectivity index (χ4v) is 10.6. The lowest BCUT2D eigenvalue weighted by Crippen LogP contribution is -2.57. The lowest BCUT2D eigenvalue weighted by Gasteiger charge is -2.40. The second-order valence-corrected chi connectivity index (χ2v) is 13.9. The normalized spacial score (nSPS) is 28.3. The van der Waals surface area contributed by atoms with Gasteiger partial charge < -0.3 is 19.8 Å². The second kappa shape index (κ2) is 12.8. The molecule has 0 saturated carbocycles. The van der Waals surface area contributed by atoms with Crippen molar-refractivity contribution >= 4 is 51.1 Å². The van der Waals surface area contributed by atoms with E-state index < -0.39 is 28.7 Å². The van der Waals surface area contributed by atoms with Gasteiger partial charge in [0, 0.05) is 35.4 Å². The van der Waals surface area contributed by atoms with Crippen LogP contribution in [-0.4, -0.2) is 79.2 Å². The molecular formula is C33H38BrN3O4S. The Hall–Kier alpha value is -2.88. The number of nitrogens with zero attached hydrogens (tertiary/aromatic N) is 3. The Morgan fingerprint density at radius 3 is 2.33 bits per heavy atom. The average Bonchev–Trinajstić information content (AvgIpc) is 3.60. The van der Waals surface area contributed by atoms with Crippen molar-refractivity contribution in [2.75, 3.05) is 24.6 Å². The van der Waals surface area contributed by atoms with E-state index in [0.717, 1.165) is 11.3 Å². The molecule has 7 atom stereocenters.